The first-order chi connectivity index (χ1) is 27.0. The van der Waals surface area contributed by atoms with Gasteiger partial charge in [0, 0.05) is 80.3 Å². The van der Waals surface area contributed by atoms with Crippen LogP contribution >= 0.6 is 0 Å². The number of hydrogen-bond donors (Lipinski definition) is 2. The summed E-state index contributed by atoms with van der Waals surface area (Å²) in [4.78, 5) is 41.7. The van der Waals surface area contributed by atoms with E-state index in [1.54, 1.807) is 45.3 Å². The number of carbonyl (C=O) groups is 3. The van der Waals surface area contributed by atoms with Crippen LogP contribution in [0.5, 0.6) is 0 Å². The van der Waals surface area contributed by atoms with Crippen LogP contribution in [0.25, 0.3) is 0 Å². The molecule has 0 aromatic carbocycles. The molecule has 1 saturated carbocycles. The largest absolute Gasteiger partial charge is 0.397 e. The highest BCUT2D eigenvalue weighted by atomic mass is 16.7. The van der Waals surface area contributed by atoms with Crippen molar-refractivity contribution >= 4 is 18.1 Å². The standard InChI is InChI=1S/C21H38N2O3.C16H29NO2.3C2H6O.C2H6/c1-6-7-8-9-13-21(25)23(5)15-11-10-12-20(24)22-19(4)17-26-16-14-18(2)3;1-2-3-12-17(13-14-18)19-15-8-7-11-16-9-5-4-6-10-16;2*1-3-2;1-2-3;1-2/h7-8,18H,4,6,9-17H2,1-3,5H3,(H,22,24);7-8,14,16H,2-6,9-13,15H2,1H3;2*1-2H3;3H,2H2,1H3;1-2H3/b8-7-;8-7+;;;;. The van der Waals surface area contributed by atoms with E-state index in [0.717, 1.165) is 63.7 Å². The number of unbranched alkanes of at least 4 members (excludes halogenated alkanes) is 2. The molecule has 0 aromatic rings. The van der Waals surface area contributed by atoms with Gasteiger partial charge in [0.25, 0.3) is 0 Å². The number of amides is 2. The maximum absolute atomic E-state index is 11.9. The van der Waals surface area contributed by atoms with Gasteiger partial charge in [-0.3, -0.25) is 14.4 Å². The average Bonchev–Trinajstić information content (AvgIpc) is 3.18. The van der Waals surface area contributed by atoms with E-state index in [1.165, 1.54) is 38.5 Å². The van der Waals surface area contributed by atoms with Crippen molar-refractivity contribution in [1.29, 1.82) is 0 Å². The predicted molar refractivity (Wildman–Crippen MR) is 237 cm³/mol. The highest BCUT2D eigenvalue weighted by Crippen LogP contribution is 2.26. The van der Waals surface area contributed by atoms with Gasteiger partial charge < -0.3 is 34.3 Å². The molecule has 56 heavy (non-hydrogen) atoms. The average molecular weight is 802 g/mol. The monoisotopic (exact) mass is 802 g/mol. The Bertz CT molecular complexity index is 873. The molecule has 1 fully saturated rings. The summed E-state index contributed by atoms with van der Waals surface area (Å²) >= 11 is 0. The molecule has 0 atom stereocenters. The maximum atomic E-state index is 11.9. The quantitative estimate of drug-likeness (QED) is 0.0402. The molecular formula is C45H91N3O8. The van der Waals surface area contributed by atoms with Crippen LogP contribution in [-0.4, -0.2) is 115 Å². The smallest absolute Gasteiger partial charge is 0.224 e. The molecule has 0 unspecified atom stereocenters. The van der Waals surface area contributed by atoms with E-state index in [2.05, 4.69) is 73.4 Å². The zero-order valence-electron chi connectivity index (χ0n) is 38.5. The lowest BCUT2D eigenvalue weighted by molar-refractivity contribution is -0.153. The van der Waals surface area contributed by atoms with Gasteiger partial charge in [-0.2, -0.15) is 5.06 Å². The predicted octanol–water partition coefficient (Wildman–Crippen LogP) is 9.35. The zero-order chi connectivity index (χ0) is 43.7. The number of rotatable bonds is 25. The fourth-order valence-corrected chi connectivity index (χ4v) is 4.81. The van der Waals surface area contributed by atoms with Crippen molar-refractivity contribution in [3.05, 3.63) is 36.6 Å². The fraction of sp³-hybridized carbons (Fsp3) is 0.800. The van der Waals surface area contributed by atoms with Gasteiger partial charge in [0.1, 0.15) is 6.29 Å². The maximum Gasteiger partial charge on any atom is 0.224 e. The highest BCUT2D eigenvalue weighted by molar-refractivity contribution is 5.77. The van der Waals surface area contributed by atoms with Crippen LogP contribution in [0.1, 0.15) is 145 Å². The first kappa shape index (κ1) is 62.8. The Balaban J connectivity index is -0.000000251. The molecule has 0 aromatic heterocycles. The highest BCUT2D eigenvalue weighted by Gasteiger charge is 2.11. The minimum atomic E-state index is -0.0406. The number of methoxy groups -OCH3 is 2. The number of nitrogens with zero attached hydrogens (tertiary/aromatic N) is 2. The van der Waals surface area contributed by atoms with Gasteiger partial charge in [-0.1, -0.05) is 111 Å². The Morgan fingerprint density at radius 3 is 2.04 bits per heavy atom. The van der Waals surface area contributed by atoms with Crippen molar-refractivity contribution in [2.45, 2.75) is 145 Å². The number of hydroxylamine groups is 2. The van der Waals surface area contributed by atoms with Gasteiger partial charge in [0.15, 0.2) is 0 Å². The van der Waals surface area contributed by atoms with Crippen LogP contribution in [0.2, 0.25) is 0 Å². The third-order valence-electron chi connectivity index (χ3n) is 7.69. The Morgan fingerprint density at radius 1 is 0.893 bits per heavy atom. The van der Waals surface area contributed by atoms with E-state index >= 15 is 0 Å². The Labute approximate surface area is 346 Å². The van der Waals surface area contributed by atoms with Gasteiger partial charge >= 0.3 is 0 Å². The van der Waals surface area contributed by atoms with E-state index in [9.17, 15) is 14.4 Å². The van der Waals surface area contributed by atoms with E-state index in [4.69, 9.17) is 14.7 Å². The lowest BCUT2D eigenvalue weighted by Gasteiger charge is -2.20. The lowest BCUT2D eigenvalue weighted by Crippen LogP contribution is -2.28. The number of aliphatic hydroxyl groups is 1. The molecule has 334 valence electrons. The summed E-state index contributed by atoms with van der Waals surface area (Å²) in [6.07, 6.45) is 25.1. The number of carbonyl (C=O) groups excluding carboxylic acids is 3. The van der Waals surface area contributed by atoms with Crippen molar-refractivity contribution < 1.29 is 38.5 Å². The zero-order valence-corrected chi connectivity index (χ0v) is 38.5. The first-order valence-electron chi connectivity index (χ1n) is 21.3. The summed E-state index contributed by atoms with van der Waals surface area (Å²) in [5.74, 6) is 1.61. The number of allylic oxidation sites excluding steroid dienone is 3. The SMILES string of the molecule is C=C(COCCC(C)C)NC(=O)CCCCN(C)C(=O)CC/C=C\CC.CC.CCCCN(CC=O)OC/C=C/CC1CCCCC1.CCO.COC.COC. The van der Waals surface area contributed by atoms with E-state index in [-0.39, 0.29) is 18.4 Å². The van der Waals surface area contributed by atoms with E-state index in [0.29, 0.717) is 57.4 Å². The van der Waals surface area contributed by atoms with Gasteiger partial charge in [-0.15, -0.1) is 0 Å². The van der Waals surface area contributed by atoms with Gasteiger partial charge in [0.05, 0.1) is 19.8 Å². The second kappa shape index (κ2) is 54.7. The molecule has 0 radical (unpaired) electrons. The molecular weight excluding hydrogens is 711 g/mol. The molecule has 2 amide bonds. The molecule has 0 saturated heterocycles. The van der Waals surface area contributed by atoms with Gasteiger partial charge in [-0.25, -0.2) is 0 Å². The molecule has 0 aliphatic heterocycles. The fourth-order valence-electron chi connectivity index (χ4n) is 4.81. The molecule has 2 N–H and O–H groups in total. The topological polar surface area (TPSA) is 127 Å². The third-order valence-corrected chi connectivity index (χ3v) is 7.69. The summed E-state index contributed by atoms with van der Waals surface area (Å²) in [5.41, 5.74) is 0.603. The van der Waals surface area contributed by atoms with Crippen LogP contribution in [0.4, 0.5) is 0 Å². The van der Waals surface area contributed by atoms with Crippen LogP contribution in [0.3, 0.4) is 0 Å². The van der Waals surface area contributed by atoms with Crippen molar-refractivity contribution in [1.82, 2.24) is 15.3 Å². The summed E-state index contributed by atoms with van der Waals surface area (Å²) in [6, 6.07) is 0. The Hall–Kier alpha value is -2.41. The second-order valence-corrected chi connectivity index (χ2v) is 13.6. The number of ether oxygens (including phenoxy) is 3. The number of aldehydes is 1. The number of aliphatic hydroxyl groups excluding tert-OH is 1. The molecule has 1 rings (SSSR count). The van der Waals surface area contributed by atoms with Gasteiger partial charge in [0.2, 0.25) is 11.8 Å². The Kier molecular flexibility index (Phi) is 61.3. The molecule has 11 nitrogen and oxygen atoms in total. The van der Waals surface area contributed by atoms with Crippen LogP contribution in [0.15, 0.2) is 36.6 Å². The Morgan fingerprint density at radius 2 is 1.50 bits per heavy atom. The molecule has 1 aliphatic carbocycles. The first-order valence-corrected chi connectivity index (χ1v) is 21.3. The van der Waals surface area contributed by atoms with E-state index < -0.39 is 0 Å². The van der Waals surface area contributed by atoms with Crippen molar-refractivity contribution in [2.75, 3.05) is 81.5 Å². The van der Waals surface area contributed by atoms with Crippen molar-refractivity contribution in [3.8, 4) is 0 Å². The molecule has 0 bridgehead atoms. The molecule has 1 aliphatic rings. The molecule has 0 heterocycles. The number of hydrogen-bond acceptors (Lipinski definition) is 9. The van der Waals surface area contributed by atoms with Crippen LogP contribution < -0.4 is 5.32 Å². The van der Waals surface area contributed by atoms with Crippen molar-refractivity contribution in [3.63, 3.8) is 0 Å². The van der Waals surface area contributed by atoms with E-state index in [1.807, 2.05) is 20.9 Å². The third kappa shape index (κ3) is 55.9. The summed E-state index contributed by atoms with van der Waals surface area (Å²) in [7, 11) is 8.32. The molecule has 0 spiro atoms. The minimum absolute atomic E-state index is 0.0406. The summed E-state index contributed by atoms with van der Waals surface area (Å²) in [6.45, 7) is 21.8. The summed E-state index contributed by atoms with van der Waals surface area (Å²) in [5, 5.41) is 12.1. The second-order valence-electron chi connectivity index (χ2n) is 13.6. The van der Waals surface area contributed by atoms with Gasteiger partial charge in [-0.05, 0) is 63.7 Å². The van der Waals surface area contributed by atoms with Crippen LogP contribution in [0, 0.1) is 11.8 Å². The number of nitrogens with one attached hydrogen (secondary N) is 1. The van der Waals surface area contributed by atoms with Crippen LogP contribution in [-0.2, 0) is 33.4 Å². The summed E-state index contributed by atoms with van der Waals surface area (Å²) < 4.78 is 14.0. The normalized spacial score (nSPS) is 12.1. The lowest BCUT2D eigenvalue weighted by atomic mass is 9.87. The van der Waals surface area contributed by atoms with Crippen molar-refractivity contribution in [2.24, 2.45) is 11.8 Å². The molecule has 11 heteroatoms. The minimum Gasteiger partial charge on any atom is -0.397 e.